The SMILES string of the molecule is Cc1ccc(N(CC(=O)N[C@H](CC(C)C)c2ccccc2)S(C)(=O)=O)c(C)c1. The van der Waals surface area contributed by atoms with E-state index in [1.807, 2.05) is 56.3 Å². The molecule has 1 N–H and O–H groups in total. The lowest BCUT2D eigenvalue weighted by Crippen LogP contribution is -2.42. The Bertz CT molecular complexity index is 909. The second-order valence-corrected chi connectivity index (χ2v) is 9.63. The minimum absolute atomic E-state index is 0.158. The molecule has 0 saturated heterocycles. The Kier molecular flexibility index (Phi) is 7.24. The van der Waals surface area contributed by atoms with Crippen molar-refractivity contribution < 1.29 is 13.2 Å². The Morgan fingerprint density at radius 3 is 2.25 bits per heavy atom. The van der Waals surface area contributed by atoms with E-state index in [1.165, 1.54) is 4.31 Å². The predicted octanol–water partition coefficient (Wildman–Crippen LogP) is 3.97. The van der Waals surface area contributed by atoms with Crippen LogP contribution in [0.4, 0.5) is 5.69 Å². The molecule has 0 spiro atoms. The largest absolute Gasteiger partial charge is 0.348 e. The molecule has 1 atom stereocenters. The van der Waals surface area contributed by atoms with E-state index in [-0.39, 0.29) is 18.5 Å². The summed E-state index contributed by atoms with van der Waals surface area (Å²) in [5, 5.41) is 3.02. The van der Waals surface area contributed by atoms with E-state index in [4.69, 9.17) is 0 Å². The second kappa shape index (κ2) is 9.24. The van der Waals surface area contributed by atoms with E-state index in [0.29, 0.717) is 11.6 Å². The number of anilines is 1. The van der Waals surface area contributed by atoms with Crippen LogP contribution in [0.25, 0.3) is 0 Å². The number of nitrogens with zero attached hydrogens (tertiary/aromatic N) is 1. The molecular formula is C22H30N2O3S. The molecule has 2 aromatic carbocycles. The summed E-state index contributed by atoms with van der Waals surface area (Å²) in [5.41, 5.74) is 3.41. The van der Waals surface area contributed by atoms with Gasteiger partial charge in [0.05, 0.1) is 18.0 Å². The van der Waals surface area contributed by atoms with E-state index in [2.05, 4.69) is 19.2 Å². The molecule has 0 aliphatic heterocycles. The standard InChI is InChI=1S/C22H30N2O3S/c1-16(2)13-20(19-9-7-6-8-10-19)23-22(25)15-24(28(5,26)27)21-12-11-17(3)14-18(21)4/h6-12,14,16,20H,13,15H2,1-5H3,(H,23,25)/t20-/m1/s1. The van der Waals surface area contributed by atoms with Crippen LogP contribution in [0.5, 0.6) is 0 Å². The third kappa shape index (κ3) is 6.09. The normalized spacial score (nSPS) is 12.6. The van der Waals surface area contributed by atoms with Crippen molar-refractivity contribution in [1.82, 2.24) is 5.32 Å². The Balaban J connectivity index is 2.25. The number of hydrogen-bond acceptors (Lipinski definition) is 3. The number of aryl methyl sites for hydroxylation is 2. The van der Waals surface area contributed by atoms with Crippen molar-refractivity contribution >= 4 is 21.6 Å². The van der Waals surface area contributed by atoms with Crippen LogP contribution in [0.1, 0.15) is 43.0 Å². The summed E-state index contributed by atoms with van der Waals surface area (Å²) in [6.07, 6.45) is 1.90. The molecule has 0 saturated carbocycles. The molecule has 1 amide bonds. The Hall–Kier alpha value is -2.34. The molecule has 0 aliphatic carbocycles. The fourth-order valence-electron chi connectivity index (χ4n) is 3.27. The Morgan fingerprint density at radius 2 is 1.71 bits per heavy atom. The van der Waals surface area contributed by atoms with Gasteiger partial charge in [0.1, 0.15) is 6.54 Å². The Morgan fingerprint density at radius 1 is 1.07 bits per heavy atom. The Labute approximate surface area is 168 Å². The van der Waals surface area contributed by atoms with E-state index >= 15 is 0 Å². The first-order chi connectivity index (χ1) is 13.1. The molecule has 2 aromatic rings. The molecule has 0 unspecified atom stereocenters. The highest BCUT2D eigenvalue weighted by Crippen LogP contribution is 2.24. The van der Waals surface area contributed by atoms with Gasteiger partial charge in [0.25, 0.3) is 0 Å². The summed E-state index contributed by atoms with van der Waals surface area (Å²) in [6, 6.07) is 15.1. The first kappa shape index (κ1) is 22.0. The van der Waals surface area contributed by atoms with Crippen molar-refractivity contribution in [3.05, 3.63) is 65.2 Å². The van der Waals surface area contributed by atoms with Gasteiger partial charge in [-0.05, 0) is 43.4 Å². The number of benzene rings is 2. The first-order valence-electron chi connectivity index (χ1n) is 9.47. The van der Waals surface area contributed by atoms with Gasteiger partial charge in [-0.15, -0.1) is 0 Å². The predicted molar refractivity (Wildman–Crippen MR) is 115 cm³/mol. The summed E-state index contributed by atoms with van der Waals surface area (Å²) < 4.78 is 25.9. The van der Waals surface area contributed by atoms with Crippen molar-refractivity contribution in [3.8, 4) is 0 Å². The highest BCUT2D eigenvalue weighted by atomic mass is 32.2. The van der Waals surface area contributed by atoms with Gasteiger partial charge in [0.2, 0.25) is 15.9 Å². The van der Waals surface area contributed by atoms with Crippen molar-refractivity contribution in [2.24, 2.45) is 5.92 Å². The maximum Gasteiger partial charge on any atom is 0.241 e. The first-order valence-corrected chi connectivity index (χ1v) is 11.3. The second-order valence-electron chi connectivity index (χ2n) is 7.72. The van der Waals surface area contributed by atoms with Crippen LogP contribution in [-0.4, -0.2) is 27.1 Å². The number of sulfonamides is 1. The molecule has 0 fully saturated rings. The minimum Gasteiger partial charge on any atom is -0.348 e. The molecule has 0 heterocycles. The molecule has 0 bridgehead atoms. The average Bonchev–Trinajstić information content (AvgIpc) is 2.59. The zero-order chi connectivity index (χ0) is 20.9. The lowest BCUT2D eigenvalue weighted by molar-refractivity contribution is -0.120. The third-order valence-electron chi connectivity index (χ3n) is 4.55. The molecule has 0 aromatic heterocycles. The van der Waals surface area contributed by atoms with Gasteiger partial charge in [-0.2, -0.15) is 0 Å². The zero-order valence-corrected chi connectivity index (χ0v) is 18.1. The maximum absolute atomic E-state index is 12.8. The molecule has 2 rings (SSSR count). The van der Waals surface area contributed by atoms with Crippen LogP contribution < -0.4 is 9.62 Å². The average molecular weight is 403 g/mol. The third-order valence-corrected chi connectivity index (χ3v) is 5.68. The van der Waals surface area contributed by atoms with Crippen molar-refractivity contribution in [1.29, 1.82) is 0 Å². The van der Waals surface area contributed by atoms with Crippen LogP contribution >= 0.6 is 0 Å². The van der Waals surface area contributed by atoms with Crippen molar-refractivity contribution in [3.63, 3.8) is 0 Å². The number of amides is 1. The van der Waals surface area contributed by atoms with Crippen molar-refractivity contribution in [2.45, 2.75) is 40.2 Å². The minimum atomic E-state index is -3.60. The van der Waals surface area contributed by atoms with Gasteiger partial charge in [-0.1, -0.05) is 61.9 Å². The molecule has 0 radical (unpaired) electrons. The van der Waals surface area contributed by atoms with Gasteiger partial charge in [-0.3, -0.25) is 9.10 Å². The summed E-state index contributed by atoms with van der Waals surface area (Å²) in [4.78, 5) is 12.8. The fraction of sp³-hybridized carbons (Fsp3) is 0.409. The molecule has 28 heavy (non-hydrogen) atoms. The summed E-state index contributed by atoms with van der Waals surface area (Å²) >= 11 is 0. The molecule has 6 heteroatoms. The quantitative estimate of drug-likeness (QED) is 0.726. The van der Waals surface area contributed by atoms with Crippen LogP contribution in [0.2, 0.25) is 0 Å². The van der Waals surface area contributed by atoms with Gasteiger partial charge in [0.15, 0.2) is 0 Å². The lowest BCUT2D eigenvalue weighted by atomic mass is 9.97. The van der Waals surface area contributed by atoms with E-state index in [0.717, 1.165) is 29.4 Å². The van der Waals surface area contributed by atoms with E-state index in [1.54, 1.807) is 6.07 Å². The highest BCUT2D eigenvalue weighted by Gasteiger charge is 2.24. The van der Waals surface area contributed by atoms with Gasteiger partial charge in [0, 0.05) is 0 Å². The smallest absolute Gasteiger partial charge is 0.241 e. The van der Waals surface area contributed by atoms with Gasteiger partial charge in [-0.25, -0.2) is 8.42 Å². The summed E-state index contributed by atoms with van der Waals surface area (Å²) in [6.45, 7) is 7.75. The number of nitrogens with one attached hydrogen (secondary N) is 1. The maximum atomic E-state index is 12.8. The topological polar surface area (TPSA) is 66.5 Å². The lowest BCUT2D eigenvalue weighted by Gasteiger charge is -2.26. The molecular weight excluding hydrogens is 372 g/mol. The summed E-state index contributed by atoms with van der Waals surface area (Å²) in [7, 11) is -3.60. The van der Waals surface area contributed by atoms with Crippen LogP contribution in [-0.2, 0) is 14.8 Å². The fourth-order valence-corrected chi connectivity index (χ4v) is 4.19. The van der Waals surface area contributed by atoms with Crippen molar-refractivity contribution in [2.75, 3.05) is 17.1 Å². The number of rotatable bonds is 8. The van der Waals surface area contributed by atoms with E-state index in [9.17, 15) is 13.2 Å². The number of carbonyl (C=O) groups excluding carboxylic acids is 1. The number of hydrogen-bond donors (Lipinski definition) is 1. The zero-order valence-electron chi connectivity index (χ0n) is 17.3. The molecule has 0 aliphatic rings. The molecule has 5 nitrogen and oxygen atoms in total. The van der Waals surface area contributed by atoms with Crippen LogP contribution in [0.3, 0.4) is 0 Å². The van der Waals surface area contributed by atoms with Gasteiger partial charge >= 0.3 is 0 Å². The van der Waals surface area contributed by atoms with E-state index < -0.39 is 10.0 Å². The van der Waals surface area contributed by atoms with Crippen LogP contribution in [0, 0.1) is 19.8 Å². The monoisotopic (exact) mass is 402 g/mol. The number of carbonyl (C=O) groups is 1. The van der Waals surface area contributed by atoms with Gasteiger partial charge < -0.3 is 5.32 Å². The van der Waals surface area contributed by atoms with Crippen LogP contribution in [0.15, 0.2) is 48.5 Å². The highest BCUT2D eigenvalue weighted by molar-refractivity contribution is 7.92. The molecule has 152 valence electrons. The summed E-state index contributed by atoms with van der Waals surface area (Å²) in [5.74, 6) is 0.0655.